The van der Waals surface area contributed by atoms with Crippen molar-refractivity contribution in [3.63, 3.8) is 0 Å². The maximum Gasteiger partial charge on any atom is 0.251 e. The van der Waals surface area contributed by atoms with Gasteiger partial charge in [0.25, 0.3) is 5.91 Å². The van der Waals surface area contributed by atoms with E-state index in [1.54, 1.807) is 6.07 Å². The van der Waals surface area contributed by atoms with Crippen molar-refractivity contribution in [3.8, 4) is 0 Å². The first kappa shape index (κ1) is 17.3. The minimum atomic E-state index is -0.575. The molecule has 0 aliphatic carbocycles. The van der Waals surface area contributed by atoms with E-state index in [9.17, 15) is 9.18 Å². The molecule has 0 saturated carbocycles. The molecule has 27 heavy (non-hydrogen) atoms. The number of fused-ring (bicyclic) bond motifs is 1. The molecule has 3 aromatic rings. The Morgan fingerprint density at radius 1 is 1.22 bits per heavy atom. The lowest BCUT2D eigenvalue weighted by atomic mass is 10.0. The van der Waals surface area contributed by atoms with Crippen LogP contribution in [0.4, 0.5) is 10.2 Å². The molecule has 1 amide bonds. The summed E-state index contributed by atoms with van der Waals surface area (Å²) in [6, 6.07) is 7.86. The number of halogens is 1. The van der Waals surface area contributed by atoms with E-state index in [1.165, 1.54) is 30.7 Å². The molecule has 138 valence electrons. The number of nitrogens with one attached hydrogen (secondary N) is 1. The van der Waals surface area contributed by atoms with Crippen molar-refractivity contribution in [3.05, 3.63) is 59.8 Å². The van der Waals surface area contributed by atoms with Crippen molar-refractivity contribution in [2.75, 3.05) is 25.0 Å². The SMILES string of the molecule is NC(=O)c1ccnc2c(NC(CN3CCC3)c3cccc(F)c3)ncnc12. The monoisotopic (exact) mass is 366 g/mol. The number of hydrogen-bond acceptors (Lipinski definition) is 6. The number of aromatic nitrogens is 3. The predicted molar refractivity (Wildman–Crippen MR) is 99.7 cm³/mol. The van der Waals surface area contributed by atoms with Gasteiger partial charge in [-0.05, 0) is 43.3 Å². The number of carbonyl (C=O) groups is 1. The lowest BCUT2D eigenvalue weighted by molar-refractivity contribution is 0.100. The van der Waals surface area contributed by atoms with Crippen LogP contribution in [0.1, 0.15) is 28.4 Å². The summed E-state index contributed by atoms with van der Waals surface area (Å²) in [7, 11) is 0. The van der Waals surface area contributed by atoms with Crippen LogP contribution in [0.5, 0.6) is 0 Å². The highest BCUT2D eigenvalue weighted by Crippen LogP contribution is 2.26. The molecule has 1 fully saturated rings. The molecular formula is C19H19FN6O. The molecule has 1 aromatic carbocycles. The molecule has 0 radical (unpaired) electrons. The number of carbonyl (C=O) groups excluding carboxylic acids is 1. The smallest absolute Gasteiger partial charge is 0.251 e. The second-order valence-corrected chi connectivity index (χ2v) is 6.55. The van der Waals surface area contributed by atoms with E-state index in [0.717, 1.165) is 25.1 Å². The maximum absolute atomic E-state index is 13.8. The third-order valence-corrected chi connectivity index (χ3v) is 4.74. The highest BCUT2D eigenvalue weighted by atomic mass is 19.1. The highest BCUT2D eigenvalue weighted by Gasteiger charge is 2.22. The van der Waals surface area contributed by atoms with Crippen LogP contribution >= 0.6 is 0 Å². The number of nitrogens with zero attached hydrogens (tertiary/aromatic N) is 4. The molecule has 0 spiro atoms. The molecule has 1 aliphatic heterocycles. The maximum atomic E-state index is 13.8. The number of nitrogens with two attached hydrogens (primary N) is 1. The van der Waals surface area contributed by atoms with Crippen molar-refractivity contribution < 1.29 is 9.18 Å². The summed E-state index contributed by atoms with van der Waals surface area (Å²) in [4.78, 5) is 26.7. The number of hydrogen-bond donors (Lipinski definition) is 2. The molecule has 3 N–H and O–H groups in total. The second-order valence-electron chi connectivity index (χ2n) is 6.55. The Kier molecular flexibility index (Phi) is 4.64. The topological polar surface area (TPSA) is 97.0 Å². The molecular weight excluding hydrogens is 347 g/mol. The third-order valence-electron chi connectivity index (χ3n) is 4.74. The Morgan fingerprint density at radius 3 is 2.78 bits per heavy atom. The van der Waals surface area contributed by atoms with Crippen LogP contribution in [0.2, 0.25) is 0 Å². The number of primary amides is 1. The number of pyridine rings is 1. The Balaban J connectivity index is 1.72. The van der Waals surface area contributed by atoms with Gasteiger partial charge in [0, 0.05) is 12.7 Å². The van der Waals surface area contributed by atoms with Crippen molar-refractivity contribution in [2.24, 2.45) is 5.73 Å². The quantitative estimate of drug-likeness (QED) is 0.694. The minimum absolute atomic E-state index is 0.182. The van der Waals surface area contributed by atoms with Crippen LogP contribution < -0.4 is 11.1 Å². The van der Waals surface area contributed by atoms with E-state index in [1.807, 2.05) is 6.07 Å². The van der Waals surface area contributed by atoms with E-state index in [0.29, 0.717) is 23.4 Å². The summed E-state index contributed by atoms with van der Waals surface area (Å²) < 4.78 is 13.8. The van der Waals surface area contributed by atoms with Gasteiger partial charge in [0.15, 0.2) is 5.82 Å². The zero-order valence-electron chi connectivity index (χ0n) is 14.6. The average molecular weight is 366 g/mol. The van der Waals surface area contributed by atoms with Gasteiger partial charge in [-0.2, -0.15) is 0 Å². The third kappa shape index (κ3) is 3.56. The summed E-state index contributed by atoms with van der Waals surface area (Å²) >= 11 is 0. The standard InChI is InChI=1S/C19H19FN6O/c20-13-4-1-3-12(9-13)15(10-26-7-2-8-26)25-19-17-16(23-11-24-19)14(18(21)27)5-6-22-17/h1,3-6,9,11,15H,2,7-8,10H2,(H2,21,27)(H,23,24,25). The Hall–Kier alpha value is -3.13. The highest BCUT2D eigenvalue weighted by molar-refractivity contribution is 6.05. The molecule has 0 bridgehead atoms. The fourth-order valence-corrected chi connectivity index (χ4v) is 3.21. The van der Waals surface area contributed by atoms with Crippen molar-refractivity contribution in [1.29, 1.82) is 0 Å². The summed E-state index contributed by atoms with van der Waals surface area (Å²) in [5, 5.41) is 3.36. The molecule has 8 heteroatoms. The van der Waals surface area contributed by atoms with E-state index >= 15 is 0 Å². The largest absolute Gasteiger partial charge is 0.366 e. The van der Waals surface area contributed by atoms with Crippen molar-refractivity contribution in [2.45, 2.75) is 12.5 Å². The molecule has 4 rings (SSSR count). The van der Waals surface area contributed by atoms with E-state index < -0.39 is 5.91 Å². The Labute approximate surface area is 155 Å². The lowest BCUT2D eigenvalue weighted by Crippen LogP contribution is -2.41. The molecule has 1 unspecified atom stereocenters. The fourth-order valence-electron chi connectivity index (χ4n) is 3.21. The van der Waals surface area contributed by atoms with Gasteiger partial charge in [-0.25, -0.2) is 14.4 Å². The van der Waals surface area contributed by atoms with Gasteiger partial charge in [-0.1, -0.05) is 12.1 Å². The number of likely N-dealkylation sites (tertiary alicyclic amines) is 1. The van der Waals surface area contributed by atoms with Gasteiger partial charge in [-0.3, -0.25) is 9.78 Å². The molecule has 1 saturated heterocycles. The van der Waals surface area contributed by atoms with Gasteiger partial charge in [0.2, 0.25) is 0 Å². The zero-order valence-corrected chi connectivity index (χ0v) is 14.6. The van der Waals surface area contributed by atoms with Gasteiger partial charge in [0.1, 0.15) is 23.2 Å². The van der Waals surface area contributed by atoms with Crippen LogP contribution in [-0.2, 0) is 0 Å². The number of rotatable bonds is 6. The number of amides is 1. The average Bonchev–Trinajstić information content (AvgIpc) is 2.63. The van der Waals surface area contributed by atoms with Crippen LogP contribution in [0.3, 0.4) is 0 Å². The van der Waals surface area contributed by atoms with E-state index in [4.69, 9.17) is 5.73 Å². The minimum Gasteiger partial charge on any atom is -0.366 e. The van der Waals surface area contributed by atoms with Gasteiger partial charge in [-0.15, -0.1) is 0 Å². The van der Waals surface area contributed by atoms with Crippen LogP contribution in [0, 0.1) is 5.82 Å². The van der Waals surface area contributed by atoms with Crippen LogP contribution in [0.25, 0.3) is 11.0 Å². The lowest BCUT2D eigenvalue weighted by Gasteiger charge is -2.34. The van der Waals surface area contributed by atoms with E-state index in [2.05, 4.69) is 25.2 Å². The van der Waals surface area contributed by atoms with Gasteiger partial charge < -0.3 is 16.0 Å². The number of benzene rings is 1. The molecule has 1 atom stereocenters. The Bertz CT molecular complexity index is 991. The van der Waals surface area contributed by atoms with Gasteiger partial charge in [0.05, 0.1) is 11.6 Å². The molecule has 1 aliphatic rings. The fraction of sp³-hybridized carbons (Fsp3) is 0.263. The van der Waals surface area contributed by atoms with Crippen LogP contribution in [-0.4, -0.2) is 45.4 Å². The normalized spacial score (nSPS) is 15.3. The first-order chi connectivity index (χ1) is 13.1. The summed E-state index contributed by atoms with van der Waals surface area (Å²) in [6.45, 7) is 2.74. The number of anilines is 1. The summed E-state index contributed by atoms with van der Waals surface area (Å²) in [5.41, 5.74) is 7.39. The Morgan fingerprint density at radius 2 is 2.07 bits per heavy atom. The van der Waals surface area contributed by atoms with Gasteiger partial charge >= 0.3 is 0 Å². The second kappa shape index (κ2) is 7.24. The first-order valence-corrected chi connectivity index (χ1v) is 8.75. The van der Waals surface area contributed by atoms with Crippen molar-refractivity contribution >= 4 is 22.8 Å². The predicted octanol–water partition coefficient (Wildman–Crippen LogP) is 2.12. The van der Waals surface area contributed by atoms with Crippen LogP contribution in [0.15, 0.2) is 42.9 Å². The van der Waals surface area contributed by atoms with E-state index in [-0.39, 0.29) is 17.4 Å². The molecule has 3 heterocycles. The summed E-state index contributed by atoms with van der Waals surface area (Å²) in [6.07, 6.45) is 4.03. The zero-order chi connectivity index (χ0) is 18.8. The van der Waals surface area contributed by atoms with Crippen molar-refractivity contribution in [1.82, 2.24) is 19.9 Å². The first-order valence-electron chi connectivity index (χ1n) is 8.75. The summed E-state index contributed by atoms with van der Waals surface area (Å²) in [5.74, 6) is -0.378. The molecule has 7 nitrogen and oxygen atoms in total. The molecule has 2 aromatic heterocycles.